The Kier molecular flexibility index (Phi) is 4.28. The monoisotopic (exact) mass is 345 g/mol. The summed E-state index contributed by atoms with van der Waals surface area (Å²) in [5.41, 5.74) is 1.51. The number of nitrogens with zero attached hydrogens (tertiary/aromatic N) is 3. The smallest absolute Gasteiger partial charge is 0.339 e. The maximum absolute atomic E-state index is 12.8. The molecule has 0 bridgehead atoms. The van der Waals surface area contributed by atoms with E-state index in [0.29, 0.717) is 24.5 Å². The summed E-state index contributed by atoms with van der Waals surface area (Å²) in [6.07, 6.45) is 0. The fourth-order valence-electron chi connectivity index (χ4n) is 2.85. The summed E-state index contributed by atoms with van der Waals surface area (Å²) in [4.78, 5) is 28.4. The number of anilines is 1. The minimum atomic E-state index is -0.233. The largest absolute Gasteiger partial charge is 0.444 e. The maximum atomic E-state index is 12.8. The van der Waals surface area contributed by atoms with Crippen molar-refractivity contribution in [2.75, 3.05) is 25.0 Å². The third-order valence-corrected chi connectivity index (χ3v) is 5.47. The van der Waals surface area contributed by atoms with Crippen LogP contribution in [0.3, 0.4) is 0 Å². The van der Waals surface area contributed by atoms with Crippen LogP contribution in [0.15, 0.2) is 29.8 Å². The van der Waals surface area contributed by atoms with Gasteiger partial charge in [-0.3, -0.25) is 4.79 Å². The highest BCUT2D eigenvalue weighted by molar-refractivity contribution is 7.21. The highest BCUT2D eigenvalue weighted by atomic mass is 32.1. The molecule has 126 valence electrons. The van der Waals surface area contributed by atoms with Crippen LogP contribution >= 0.6 is 11.3 Å². The van der Waals surface area contributed by atoms with Gasteiger partial charge in [-0.2, -0.15) is 9.47 Å². The Bertz CT molecular complexity index is 851. The molecule has 2 aromatic rings. The summed E-state index contributed by atoms with van der Waals surface area (Å²) >= 11 is 1.53. The molecule has 0 aliphatic carbocycles. The van der Waals surface area contributed by atoms with E-state index in [1.807, 2.05) is 42.7 Å². The molecule has 1 N–H and O–H groups in total. The third kappa shape index (κ3) is 2.45. The minimum Gasteiger partial charge on any atom is -0.339 e. The van der Waals surface area contributed by atoms with E-state index in [9.17, 15) is 9.59 Å². The molecule has 0 fully saturated rings. The van der Waals surface area contributed by atoms with Crippen molar-refractivity contribution in [1.82, 2.24) is 10.2 Å². The lowest BCUT2D eigenvalue weighted by atomic mass is 10.2. The van der Waals surface area contributed by atoms with Gasteiger partial charge in [0.15, 0.2) is 0 Å². The first-order valence-electron chi connectivity index (χ1n) is 7.98. The minimum absolute atomic E-state index is 0.0615. The zero-order valence-electron chi connectivity index (χ0n) is 14.3. The van der Waals surface area contributed by atoms with Crippen LogP contribution in [0.2, 0.25) is 0 Å². The SMILES string of the molecule is CCN(CC)C(=O)/C(C)=C1\NC(=O)N(C)c2sc3ccccc3[n+]21. The summed E-state index contributed by atoms with van der Waals surface area (Å²) in [5.74, 6) is 0.482. The van der Waals surface area contributed by atoms with Crippen LogP contribution in [-0.2, 0) is 4.79 Å². The van der Waals surface area contributed by atoms with Crippen LogP contribution in [0, 0.1) is 0 Å². The van der Waals surface area contributed by atoms with Gasteiger partial charge in [0.1, 0.15) is 5.52 Å². The molecule has 0 atom stereocenters. The number of para-hydroxylation sites is 1. The standard InChI is InChI=1S/C17H20N4O2S/c1-5-20(6-2)15(22)11(3)14-18-16(23)19(4)17-21(14)12-9-7-8-10-13(12)24-17/h7-10H,5-6H2,1-4H3/p+1. The number of rotatable bonds is 3. The maximum Gasteiger partial charge on any atom is 0.444 e. The van der Waals surface area contributed by atoms with E-state index in [2.05, 4.69) is 5.32 Å². The molecular weight excluding hydrogens is 324 g/mol. The van der Waals surface area contributed by atoms with E-state index in [1.165, 1.54) is 11.3 Å². The van der Waals surface area contributed by atoms with Crippen LogP contribution < -0.4 is 14.8 Å². The van der Waals surface area contributed by atoms with Gasteiger partial charge in [0.25, 0.3) is 11.0 Å². The first-order chi connectivity index (χ1) is 11.5. The van der Waals surface area contributed by atoms with Crippen molar-refractivity contribution in [3.8, 4) is 0 Å². The van der Waals surface area contributed by atoms with Crippen molar-refractivity contribution < 1.29 is 14.2 Å². The van der Waals surface area contributed by atoms with Crippen LogP contribution in [0.1, 0.15) is 20.8 Å². The number of hydrogen-bond donors (Lipinski definition) is 1. The van der Waals surface area contributed by atoms with E-state index in [-0.39, 0.29) is 11.9 Å². The average molecular weight is 345 g/mol. The predicted octanol–water partition coefficient (Wildman–Crippen LogP) is 2.41. The Labute approximate surface area is 145 Å². The number of amides is 3. The quantitative estimate of drug-likeness (QED) is 0.686. The van der Waals surface area contributed by atoms with Crippen molar-refractivity contribution in [3.63, 3.8) is 0 Å². The molecule has 1 aromatic heterocycles. The molecule has 1 aliphatic rings. The van der Waals surface area contributed by atoms with Crippen molar-refractivity contribution in [2.24, 2.45) is 0 Å². The number of fused-ring (bicyclic) bond motifs is 3. The molecule has 1 aromatic carbocycles. The molecule has 24 heavy (non-hydrogen) atoms. The van der Waals surface area contributed by atoms with E-state index < -0.39 is 0 Å². The van der Waals surface area contributed by atoms with Gasteiger partial charge in [-0.05, 0) is 32.9 Å². The van der Waals surface area contributed by atoms with Gasteiger partial charge in [-0.25, -0.2) is 10.1 Å². The Morgan fingerprint density at radius 1 is 1.29 bits per heavy atom. The van der Waals surface area contributed by atoms with E-state index in [4.69, 9.17) is 0 Å². The van der Waals surface area contributed by atoms with Gasteiger partial charge in [0.05, 0.1) is 17.3 Å². The Balaban J connectivity index is 2.24. The summed E-state index contributed by atoms with van der Waals surface area (Å²) in [5, 5.41) is 3.67. The van der Waals surface area contributed by atoms with Crippen molar-refractivity contribution in [2.45, 2.75) is 20.8 Å². The molecule has 0 saturated heterocycles. The van der Waals surface area contributed by atoms with Gasteiger partial charge >= 0.3 is 6.03 Å². The lowest BCUT2D eigenvalue weighted by Gasteiger charge is -2.23. The van der Waals surface area contributed by atoms with E-state index in [1.54, 1.807) is 23.8 Å². The average Bonchev–Trinajstić information content (AvgIpc) is 2.98. The van der Waals surface area contributed by atoms with Crippen LogP contribution in [0.25, 0.3) is 16.0 Å². The summed E-state index contributed by atoms with van der Waals surface area (Å²) < 4.78 is 3.02. The van der Waals surface area contributed by atoms with Gasteiger partial charge in [0.2, 0.25) is 5.82 Å². The Hall–Kier alpha value is -2.41. The molecule has 2 heterocycles. The number of hydrogen-bond acceptors (Lipinski definition) is 3. The van der Waals surface area contributed by atoms with Crippen molar-refractivity contribution in [1.29, 1.82) is 0 Å². The molecule has 1 aliphatic heterocycles. The molecule has 0 unspecified atom stereocenters. The predicted molar refractivity (Wildman–Crippen MR) is 95.8 cm³/mol. The highest BCUT2D eigenvalue weighted by Gasteiger charge is 2.38. The summed E-state index contributed by atoms with van der Waals surface area (Å²) in [6, 6.07) is 7.71. The molecule has 3 rings (SSSR count). The molecule has 0 saturated carbocycles. The van der Waals surface area contributed by atoms with Gasteiger partial charge in [-0.1, -0.05) is 23.5 Å². The van der Waals surface area contributed by atoms with Gasteiger partial charge in [0, 0.05) is 13.1 Å². The number of carbonyl (C=O) groups excluding carboxylic acids is 2. The first-order valence-corrected chi connectivity index (χ1v) is 8.80. The molecule has 0 radical (unpaired) electrons. The second kappa shape index (κ2) is 6.24. The lowest BCUT2D eigenvalue weighted by molar-refractivity contribution is -0.540. The topological polar surface area (TPSA) is 56.5 Å². The zero-order valence-corrected chi connectivity index (χ0v) is 15.1. The fraction of sp³-hybridized carbons (Fsp3) is 0.353. The number of likely N-dealkylation sites (N-methyl/N-ethyl adjacent to an activating group) is 1. The number of aromatic nitrogens is 1. The molecule has 3 amide bonds. The number of thiazole rings is 1. The Morgan fingerprint density at radius 2 is 1.96 bits per heavy atom. The number of nitrogens with one attached hydrogen (secondary N) is 1. The summed E-state index contributed by atoms with van der Waals surface area (Å²) in [6.45, 7) is 6.94. The van der Waals surface area contributed by atoms with E-state index in [0.717, 1.165) is 15.3 Å². The second-order valence-electron chi connectivity index (χ2n) is 5.63. The van der Waals surface area contributed by atoms with Crippen molar-refractivity contribution >= 4 is 44.4 Å². The van der Waals surface area contributed by atoms with Crippen LogP contribution in [-0.4, -0.2) is 37.0 Å². The van der Waals surface area contributed by atoms with Crippen LogP contribution in [0.4, 0.5) is 9.93 Å². The fourth-order valence-corrected chi connectivity index (χ4v) is 3.96. The third-order valence-electron chi connectivity index (χ3n) is 4.27. The zero-order chi connectivity index (χ0) is 17.4. The van der Waals surface area contributed by atoms with E-state index >= 15 is 0 Å². The number of urea groups is 1. The molecule has 6 nitrogen and oxygen atoms in total. The van der Waals surface area contributed by atoms with Crippen LogP contribution in [0.5, 0.6) is 0 Å². The second-order valence-corrected chi connectivity index (χ2v) is 6.64. The molecular formula is C17H21N4O2S+. The first kappa shape index (κ1) is 16.4. The number of benzene rings is 1. The van der Waals surface area contributed by atoms with Gasteiger partial charge < -0.3 is 4.90 Å². The molecule has 0 spiro atoms. The highest BCUT2D eigenvalue weighted by Crippen LogP contribution is 2.30. The van der Waals surface area contributed by atoms with Gasteiger partial charge in [-0.15, -0.1) is 0 Å². The lowest BCUT2D eigenvalue weighted by Crippen LogP contribution is -2.56. The Morgan fingerprint density at radius 3 is 2.62 bits per heavy atom. The summed E-state index contributed by atoms with van der Waals surface area (Å²) in [7, 11) is 1.73. The normalized spacial score (nSPS) is 16.0. The molecule has 7 heteroatoms. The number of carbonyl (C=O) groups is 2. The van der Waals surface area contributed by atoms with Crippen molar-refractivity contribution in [3.05, 3.63) is 29.8 Å².